The molecule has 1 unspecified atom stereocenters. The van der Waals surface area contributed by atoms with Crippen molar-refractivity contribution in [2.75, 3.05) is 0 Å². The maximum Gasteiger partial charge on any atom is 0.346 e. The van der Waals surface area contributed by atoms with Crippen LogP contribution in [0.3, 0.4) is 0 Å². The van der Waals surface area contributed by atoms with E-state index in [-0.39, 0.29) is 10.4 Å². The lowest BCUT2D eigenvalue weighted by molar-refractivity contribution is -0.132. The molecule has 0 amide bonds. The van der Waals surface area contributed by atoms with Crippen molar-refractivity contribution >= 4 is 21.9 Å². The zero-order valence-electron chi connectivity index (χ0n) is 8.16. The minimum absolute atomic E-state index is 0.0141. The highest BCUT2D eigenvalue weighted by Crippen LogP contribution is 2.14. The highest BCUT2D eigenvalue weighted by Gasteiger charge is 2.08. The van der Waals surface area contributed by atoms with Crippen molar-refractivity contribution in [1.82, 2.24) is 0 Å². The summed E-state index contributed by atoms with van der Waals surface area (Å²) in [5, 5.41) is 17.1. The van der Waals surface area contributed by atoms with Crippen LogP contribution < -0.4 is 0 Å². The van der Waals surface area contributed by atoms with Gasteiger partial charge in [0.2, 0.25) is 0 Å². The van der Waals surface area contributed by atoms with Crippen molar-refractivity contribution < 1.29 is 9.90 Å². The second-order valence-corrected chi connectivity index (χ2v) is 4.19. The van der Waals surface area contributed by atoms with Crippen molar-refractivity contribution in [3.8, 4) is 6.07 Å². The van der Waals surface area contributed by atoms with Gasteiger partial charge >= 0.3 is 5.97 Å². The van der Waals surface area contributed by atoms with Crippen molar-refractivity contribution in [2.24, 2.45) is 0 Å². The number of allylic oxidation sites excluding steroid dienone is 1. The first-order chi connectivity index (χ1) is 6.61. The molecule has 0 aromatic heterocycles. The van der Waals surface area contributed by atoms with Crippen LogP contribution in [0.4, 0.5) is 0 Å². The molecule has 0 rings (SSSR count). The van der Waals surface area contributed by atoms with Gasteiger partial charge in [0, 0.05) is 4.83 Å². The quantitative estimate of drug-likeness (QED) is 0.345. The van der Waals surface area contributed by atoms with Crippen LogP contribution in [-0.2, 0) is 4.79 Å². The van der Waals surface area contributed by atoms with E-state index in [0.717, 1.165) is 25.7 Å². The number of rotatable bonds is 6. The number of hydrogen-bond donors (Lipinski definition) is 1. The Labute approximate surface area is 92.6 Å². The first-order valence-electron chi connectivity index (χ1n) is 4.61. The van der Waals surface area contributed by atoms with Crippen LogP contribution in [-0.4, -0.2) is 15.9 Å². The van der Waals surface area contributed by atoms with E-state index in [0.29, 0.717) is 0 Å². The summed E-state index contributed by atoms with van der Waals surface area (Å²) in [5.41, 5.74) is -0.191. The summed E-state index contributed by atoms with van der Waals surface area (Å²) in [6.45, 7) is 2.11. The summed E-state index contributed by atoms with van der Waals surface area (Å²) in [5.74, 6) is -1.16. The molecule has 0 radical (unpaired) electrons. The Hall–Kier alpha value is -0.820. The fourth-order valence-electron chi connectivity index (χ4n) is 1.01. The maximum atomic E-state index is 10.5. The second kappa shape index (κ2) is 7.57. The highest BCUT2D eigenvalue weighted by atomic mass is 79.9. The number of halogens is 1. The predicted molar refractivity (Wildman–Crippen MR) is 58.2 cm³/mol. The molecular formula is C10H14BrNO2. The number of nitrogens with zero attached hydrogens (tertiary/aromatic N) is 1. The second-order valence-electron chi connectivity index (χ2n) is 3.01. The van der Waals surface area contributed by atoms with Crippen LogP contribution in [0.15, 0.2) is 11.6 Å². The molecule has 0 bridgehead atoms. The number of carboxylic acid groups (broad SMARTS) is 1. The molecule has 0 saturated heterocycles. The Morgan fingerprint density at radius 2 is 2.29 bits per heavy atom. The molecular weight excluding hydrogens is 246 g/mol. The van der Waals surface area contributed by atoms with Gasteiger partial charge in [-0.15, -0.1) is 0 Å². The van der Waals surface area contributed by atoms with Gasteiger partial charge in [0.15, 0.2) is 0 Å². The summed E-state index contributed by atoms with van der Waals surface area (Å²) in [6, 6.07) is 1.65. The van der Waals surface area contributed by atoms with Crippen molar-refractivity contribution in [3.63, 3.8) is 0 Å². The van der Waals surface area contributed by atoms with Gasteiger partial charge in [0.1, 0.15) is 11.6 Å². The van der Waals surface area contributed by atoms with Crippen LogP contribution in [0.25, 0.3) is 0 Å². The lowest BCUT2D eigenvalue weighted by Crippen LogP contribution is -2.02. The third-order valence-electron chi connectivity index (χ3n) is 1.78. The predicted octanol–water partition coefficient (Wildman–Crippen LogP) is 2.86. The monoisotopic (exact) mass is 259 g/mol. The number of alkyl halides is 1. The summed E-state index contributed by atoms with van der Waals surface area (Å²) >= 11 is 3.33. The van der Waals surface area contributed by atoms with E-state index in [2.05, 4.69) is 22.9 Å². The summed E-state index contributed by atoms with van der Waals surface area (Å²) < 4.78 is 0. The number of nitriles is 1. The van der Waals surface area contributed by atoms with Crippen LogP contribution in [0.1, 0.15) is 32.6 Å². The van der Waals surface area contributed by atoms with Gasteiger partial charge in [-0.1, -0.05) is 42.1 Å². The van der Waals surface area contributed by atoms with Gasteiger partial charge < -0.3 is 5.11 Å². The number of aliphatic carboxylic acids is 1. The van der Waals surface area contributed by atoms with Gasteiger partial charge in [-0.25, -0.2) is 4.79 Å². The molecule has 1 N–H and O–H groups in total. The summed E-state index contributed by atoms with van der Waals surface area (Å²) in [7, 11) is 0. The lowest BCUT2D eigenvalue weighted by Gasteiger charge is -2.03. The fraction of sp³-hybridized carbons (Fsp3) is 0.600. The SMILES string of the molecule is CCCCCC(Br)C=C(C#N)C(=O)O. The molecule has 14 heavy (non-hydrogen) atoms. The molecule has 0 fully saturated rings. The molecule has 0 aromatic carbocycles. The topological polar surface area (TPSA) is 61.1 Å². The number of hydrogen-bond acceptors (Lipinski definition) is 2. The minimum Gasteiger partial charge on any atom is -0.477 e. The molecule has 0 aliphatic rings. The Kier molecular flexibility index (Phi) is 7.13. The van der Waals surface area contributed by atoms with E-state index >= 15 is 0 Å². The lowest BCUT2D eigenvalue weighted by atomic mass is 10.1. The Balaban J connectivity index is 4.07. The molecule has 3 nitrogen and oxygen atoms in total. The van der Waals surface area contributed by atoms with Gasteiger partial charge in [-0.3, -0.25) is 0 Å². The smallest absolute Gasteiger partial charge is 0.346 e. The van der Waals surface area contributed by atoms with Crippen LogP contribution in [0.5, 0.6) is 0 Å². The van der Waals surface area contributed by atoms with E-state index in [1.165, 1.54) is 6.08 Å². The van der Waals surface area contributed by atoms with Gasteiger partial charge in [-0.05, 0) is 12.5 Å². The van der Waals surface area contributed by atoms with Gasteiger partial charge in [0.25, 0.3) is 0 Å². The Bertz CT molecular complexity index is 255. The fourth-order valence-corrected chi connectivity index (χ4v) is 1.60. The molecule has 0 saturated carbocycles. The summed E-state index contributed by atoms with van der Waals surface area (Å²) in [4.78, 5) is 10.5. The van der Waals surface area contributed by atoms with Gasteiger partial charge in [0.05, 0.1) is 0 Å². The highest BCUT2D eigenvalue weighted by molar-refractivity contribution is 9.09. The zero-order chi connectivity index (χ0) is 11.0. The Morgan fingerprint density at radius 1 is 1.64 bits per heavy atom. The molecule has 78 valence electrons. The third-order valence-corrected chi connectivity index (χ3v) is 2.50. The average Bonchev–Trinajstić information content (AvgIpc) is 2.14. The van der Waals surface area contributed by atoms with Crippen LogP contribution in [0.2, 0.25) is 0 Å². The van der Waals surface area contributed by atoms with Gasteiger partial charge in [-0.2, -0.15) is 5.26 Å². The Morgan fingerprint density at radius 3 is 2.71 bits per heavy atom. The summed E-state index contributed by atoms with van der Waals surface area (Å²) in [6.07, 6.45) is 5.63. The van der Waals surface area contributed by atoms with E-state index < -0.39 is 5.97 Å². The van der Waals surface area contributed by atoms with Crippen LogP contribution >= 0.6 is 15.9 Å². The number of carbonyl (C=O) groups is 1. The minimum atomic E-state index is -1.16. The first-order valence-corrected chi connectivity index (χ1v) is 5.52. The average molecular weight is 260 g/mol. The molecule has 4 heteroatoms. The van der Waals surface area contributed by atoms with Crippen molar-refractivity contribution in [1.29, 1.82) is 5.26 Å². The van der Waals surface area contributed by atoms with E-state index in [4.69, 9.17) is 10.4 Å². The maximum absolute atomic E-state index is 10.5. The third kappa shape index (κ3) is 5.76. The molecule has 0 heterocycles. The molecule has 0 aliphatic carbocycles. The number of unbranched alkanes of at least 4 members (excludes halogenated alkanes) is 2. The molecule has 0 aliphatic heterocycles. The molecule has 0 spiro atoms. The van der Waals surface area contributed by atoms with Crippen LogP contribution in [0, 0.1) is 11.3 Å². The first kappa shape index (κ1) is 13.2. The van der Waals surface area contributed by atoms with Crippen molar-refractivity contribution in [2.45, 2.75) is 37.4 Å². The zero-order valence-corrected chi connectivity index (χ0v) is 9.75. The standard InChI is InChI=1S/C10H14BrNO2/c1-2-3-4-5-9(11)6-8(7-12)10(13)14/h6,9H,2-5H2,1H3,(H,13,14). The number of carboxylic acids is 1. The molecule has 1 atom stereocenters. The largest absolute Gasteiger partial charge is 0.477 e. The van der Waals surface area contributed by atoms with E-state index in [1.54, 1.807) is 6.07 Å². The van der Waals surface area contributed by atoms with E-state index in [1.807, 2.05) is 0 Å². The van der Waals surface area contributed by atoms with E-state index in [9.17, 15) is 4.79 Å². The normalized spacial score (nSPS) is 13.4. The molecule has 0 aromatic rings. The van der Waals surface area contributed by atoms with Crippen molar-refractivity contribution in [3.05, 3.63) is 11.6 Å².